The van der Waals surface area contributed by atoms with Crippen LogP contribution >= 0.6 is 0 Å². The van der Waals surface area contributed by atoms with E-state index in [1.165, 1.54) is 6.08 Å². The number of amides is 2. The fourth-order valence-electron chi connectivity index (χ4n) is 3.89. The molecule has 2 amide bonds. The maximum Gasteiger partial charge on any atom is 0.330 e. The van der Waals surface area contributed by atoms with Crippen molar-refractivity contribution in [3.8, 4) is 0 Å². The highest BCUT2D eigenvalue weighted by Gasteiger charge is 2.43. The lowest BCUT2D eigenvalue weighted by atomic mass is 9.72. The summed E-state index contributed by atoms with van der Waals surface area (Å²) < 4.78 is 4.88. The molecule has 0 bridgehead atoms. The van der Waals surface area contributed by atoms with Crippen molar-refractivity contribution in [1.82, 2.24) is 4.90 Å². The average Bonchev–Trinajstić information content (AvgIpc) is 2.79. The second-order valence-corrected chi connectivity index (χ2v) is 7.62. The number of anilines is 1. The van der Waals surface area contributed by atoms with Gasteiger partial charge in [0.25, 0.3) is 0 Å². The molecule has 0 saturated carbocycles. The Kier molecular flexibility index (Phi) is 7.23. The van der Waals surface area contributed by atoms with Crippen LogP contribution in [0, 0.1) is 0 Å². The van der Waals surface area contributed by atoms with E-state index >= 15 is 0 Å². The Morgan fingerprint density at radius 2 is 1.68 bits per heavy atom. The molecular weight excluding hydrogens is 392 g/mol. The largest absolute Gasteiger partial charge is 0.463 e. The van der Waals surface area contributed by atoms with Crippen LogP contribution in [0.15, 0.2) is 60.7 Å². The first-order valence-electron chi connectivity index (χ1n) is 10.5. The number of likely N-dealkylation sites (tertiary alicyclic amines) is 1. The molecule has 0 spiro atoms. The van der Waals surface area contributed by atoms with Gasteiger partial charge >= 0.3 is 5.97 Å². The van der Waals surface area contributed by atoms with Crippen LogP contribution in [0.3, 0.4) is 0 Å². The lowest BCUT2D eigenvalue weighted by Crippen LogP contribution is -2.50. The van der Waals surface area contributed by atoms with Gasteiger partial charge < -0.3 is 15.0 Å². The number of esters is 1. The zero-order valence-electron chi connectivity index (χ0n) is 18.0. The Morgan fingerprint density at radius 1 is 1.03 bits per heavy atom. The van der Waals surface area contributed by atoms with Gasteiger partial charge in [0.1, 0.15) is 0 Å². The molecule has 6 heteroatoms. The zero-order valence-corrected chi connectivity index (χ0v) is 18.0. The molecule has 1 fully saturated rings. The molecule has 162 valence electrons. The van der Waals surface area contributed by atoms with Crippen molar-refractivity contribution in [1.29, 1.82) is 0 Å². The predicted octanol–water partition coefficient (Wildman–Crippen LogP) is 3.78. The Labute approximate surface area is 182 Å². The molecule has 1 aliphatic rings. The molecule has 0 aromatic heterocycles. The van der Waals surface area contributed by atoms with E-state index in [1.807, 2.05) is 54.6 Å². The van der Waals surface area contributed by atoms with E-state index in [2.05, 4.69) is 5.32 Å². The van der Waals surface area contributed by atoms with Crippen molar-refractivity contribution in [2.75, 3.05) is 25.0 Å². The summed E-state index contributed by atoms with van der Waals surface area (Å²) in [6, 6.07) is 17.1. The second-order valence-electron chi connectivity index (χ2n) is 7.62. The first-order valence-corrected chi connectivity index (χ1v) is 10.5. The molecule has 1 heterocycles. The molecule has 2 aromatic carbocycles. The molecule has 2 aromatic rings. The Morgan fingerprint density at radius 3 is 2.26 bits per heavy atom. The first-order chi connectivity index (χ1) is 14.9. The Hall–Kier alpha value is -3.41. The van der Waals surface area contributed by atoms with Crippen LogP contribution in [0.1, 0.15) is 37.8 Å². The van der Waals surface area contributed by atoms with Crippen molar-refractivity contribution in [2.24, 2.45) is 0 Å². The number of carbonyl (C=O) groups excluding carboxylic acids is 3. The summed E-state index contributed by atoms with van der Waals surface area (Å²) in [4.78, 5) is 38.4. The minimum Gasteiger partial charge on any atom is -0.463 e. The molecule has 31 heavy (non-hydrogen) atoms. The van der Waals surface area contributed by atoms with Gasteiger partial charge in [0.05, 0.1) is 12.0 Å². The molecule has 3 rings (SSSR count). The highest BCUT2D eigenvalue weighted by molar-refractivity contribution is 5.99. The highest BCUT2D eigenvalue weighted by Crippen LogP contribution is 2.37. The second kappa shape index (κ2) is 10.1. The van der Waals surface area contributed by atoms with E-state index in [0.29, 0.717) is 38.2 Å². The smallest absolute Gasteiger partial charge is 0.330 e. The van der Waals surface area contributed by atoms with E-state index in [9.17, 15) is 14.4 Å². The standard InChI is InChI=1S/C25H28N2O4/c1-3-31-23(29)14-11-20-9-12-22(13-10-20)26-24(30)25(21-7-5-4-6-8-21)15-17-27(18-16-25)19(2)28/h4-14H,3,15-18H2,1-2H3,(H,26,30)/b14-11-. The summed E-state index contributed by atoms with van der Waals surface area (Å²) >= 11 is 0. The zero-order chi connectivity index (χ0) is 22.3. The van der Waals surface area contributed by atoms with Crippen molar-refractivity contribution in [3.63, 3.8) is 0 Å². The van der Waals surface area contributed by atoms with Gasteiger partial charge in [-0.05, 0) is 49.1 Å². The summed E-state index contributed by atoms with van der Waals surface area (Å²) in [6.45, 7) is 4.76. The maximum atomic E-state index is 13.4. The molecule has 6 nitrogen and oxygen atoms in total. The number of hydrogen-bond donors (Lipinski definition) is 1. The molecule has 0 aliphatic carbocycles. The summed E-state index contributed by atoms with van der Waals surface area (Å²) in [6.07, 6.45) is 4.20. The van der Waals surface area contributed by atoms with Gasteiger partial charge in [0.15, 0.2) is 0 Å². The van der Waals surface area contributed by atoms with Crippen LogP contribution in [0.5, 0.6) is 0 Å². The van der Waals surface area contributed by atoms with Crippen LogP contribution in [0.2, 0.25) is 0 Å². The van der Waals surface area contributed by atoms with Crippen LogP contribution in [0.25, 0.3) is 6.08 Å². The van der Waals surface area contributed by atoms with Crippen molar-refractivity contribution in [3.05, 3.63) is 71.8 Å². The van der Waals surface area contributed by atoms with Gasteiger partial charge in [-0.3, -0.25) is 9.59 Å². The number of rotatable bonds is 6. The summed E-state index contributed by atoms with van der Waals surface area (Å²) in [5.41, 5.74) is 1.79. The van der Waals surface area contributed by atoms with E-state index in [-0.39, 0.29) is 17.8 Å². The highest BCUT2D eigenvalue weighted by atomic mass is 16.5. The molecule has 0 unspecified atom stereocenters. The van der Waals surface area contributed by atoms with Gasteiger partial charge in [-0.1, -0.05) is 42.5 Å². The topological polar surface area (TPSA) is 75.7 Å². The third-order valence-electron chi connectivity index (χ3n) is 5.69. The SMILES string of the molecule is CCOC(=O)/C=C\c1ccc(NC(=O)C2(c3ccccc3)CCN(C(C)=O)CC2)cc1. The molecule has 0 atom stereocenters. The van der Waals surface area contributed by atoms with Gasteiger partial charge in [-0.2, -0.15) is 0 Å². The summed E-state index contributed by atoms with van der Waals surface area (Å²) in [5, 5.41) is 3.05. The van der Waals surface area contributed by atoms with Crippen molar-refractivity contribution < 1.29 is 19.1 Å². The van der Waals surface area contributed by atoms with Gasteiger partial charge in [-0.25, -0.2) is 4.79 Å². The van der Waals surface area contributed by atoms with Crippen molar-refractivity contribution >= 4 is 29.5 Å². The molecule has 1 aliphatic heterocycles. The van der Waals surface area contributed by atoms with Crippen LogP contribution in [-0.4, -0.2) is 42.4 Å². The molecule has 0 radical (unpaired) electrons. The minimum atomic E-state index is -0.685. The van der Waals surface area contributed by atoms with E-state index in [4.69, 9.17) is 4.74 Å². The first kappa shape index (κ1) is 22.3. The van der Waals surface area contributed by atoms with Gasteiger partial charge in [0, 0.05) is 31.8 Å². The Balaban J connectivity index is 1.75. The third kappa shape index (κ3) is 5.40. The van der Waals surface area contributed by atoms with Crippen LogP contribution < -0.4 is 5.32 Å². The number of ether oxygens (including phenoxy) is 1. The Bertz CT molecular complexity index is 943. The van der Waals surface area contributed by atoms with Crippen LogP contribution in [0.4, 0.5) is 5.69 Å². The number of benzene rings is 2. The fourth-order valence-corrected chi connectivity index (χ4v) is 3.89. The number of carbonyl (C=O) groups is 3. The predicted molar refractivity (Wildman–Crippen MR) is 120 cm³/mol. The van der Waals surface area contributed by atoms with Gasteiger partial charge in [-0.15, -0.1) is 0 Å². The number of piperidine rings is 1. The average molecular weight is 421 g/mol. The quantitative estimate of drug-likeness (QED) is 0.570. The fraction of sp³-hybridized carbons (Fsp3) is 0.320. The number of nitrogens with zero attached hydrogens (tertiary/aromatic N) is 1. The van der Waals surface area contributed by atoms with E-state index in [0.717, 1.165) is 11.1 Å². The third-order valence-corrected chi connectivity index (χ3v) is 5.69. The normalized spacial score (nSPS) is 15.5. The maximum absolute atomic E-state index is 13.4. The summed E-state index contributed by atoms with van der Waals surface area (Å²) in [5.74, 6) is -0.424. The lowest BCUT2D eigenvalue weighted by Gasteiger charge is -2.40. The monoisotopic (exact) mass is 420 g/mol. The van der Waals surface area contributed by atoms with Crippen molar-refractivity contribution in [2.45, 2.75) is 32.1 Å². The minimum absolute atomic E-state index is 0.0357. The summed E-state index contributed by atoms with van der Waals surface area (Å²) in [7, 11) is 0. The van der Waals surface area contributed by atoms with E-state index < -0.39 is 5.41 Å². The molecule has 1 saturated heterocycles. The van der Waals surface area contributed by atoms with Gasteiger partial charge in [0.2, 0.25) is 11.8 Å². The molecule has 1 N–H and O–H groups in total. The lowest BCUT2D eigenvalue weighted by molar-refractivity contribution is -0.137. The number of nitrogens with one attached hydrogen (secondary N) is 1. The number of hydrogen-bond acceptors (Lipinski definition) is 4. The van der Waals surface area contributed by atoms with E-state index in [1.54, 1.807) is 24.8 Å². The molecular formula is C25H28N2O4. The van der Waals surface area contributed by atoms with Crippen LogP contribution in [-0.2, 0) is 24.5 Å².